The number of pyridine rings is 1. The number of carbonyl (C=O) groups excluding carboxylic acids is 1. The van der Waals surface area contributed by atoms with Gasteiger partial charge in [-0.2, -0.15) is 0 Å². The van der Waals surface area contributed by atoms with E-state index >= 15 is 0 Å². The molecule has 0 spiro atoms. The highest BCUT2D eigenvalue weighted by Crippen LogP contribution is 2.24. The summed E-state index contributed by atoms with van der Waals surface area (Å²) < 4.78 is 2.42. The predicted molar refractivity (Wildman–Crippen MR) is 72.5 cm³/mol. The molecule has 2 aromatic heterocycles. The fraction of sp³-hybridized carbons (Fsp3) is 0.100. The molecule has 0 fully saturated rings. The van der Waals surface area contributed by atoms with Gasteiger partial charge in [0, 0.05) is 13.1 Å². The van der Waals surface area contributed by atoms with E-state index in [4.69, 9.17) is 0 Å². The third-order valence-corrected chi connectivity index (χ3v) is 3.14. The van der Waals surface area contributed by atoms with E-state index in [9.17, 15) is 19.7 Å². The second-order valence-electron chi connectivity index (χ2n) is 3.63. The Morgan fingerprint density at radius 3 is 2.90 bits per heavy atom. The van der Waals surface area contributed by atoms with Gasteiger partial charge in [0.25, 0.3) is 17.2 Å². The van der Waals surface area contributed by atoms with Crippen LogP contribution in [0.5, 0.6) is 0 Å². The molecule has 0 saturated heterocycles. The van der Waals surface area contributed by atoms with Crippen LogP contribution in [0.4, 0.5) is 16.4 Å². The third kappa shape index (κ3) is 2.64. The number of anilines is 2. The average Bonchev–Trinajstić information content (AvgIpc) is 2.79. The van der Waals surface area contributed by atoms with E-state index in [1.54, 1.807) is 0 Å². The van der Waals surface area contributed by atoms with Gasteiger partial charge in [0.2, 0.25) is 0 Å². The SMILES string of the molecule is CNC(=O)c1c(Nc2cncc([N+](=O)[O-])c2)s[nH]c1=O. The highest BCUT2D eigenvalue weighted by molar-refractivity contribution is 7.10. The minimum Gasteiger partial charge on any atom is -0.355 e. The summed E-state index contributed by atoms with van der Waals surface area (Å²) in [6.45, 7) is 0. The monoisotopic (exact) mass is 295 g/mol. The van der Waals surface area contributed by atoms with Crippen molar-refractivity contribution in [3.05, 3.63) is 44.5 Å². The first-order valence-electron chi connectivity index (χ1n) is 5.33. The van der Waals surface area contributed by atoms with Crippen LogP contribution in [0.25, 0.3) is 0 Å². The molecule has 3 N–H and O–H groups in total. The number of hydrogen-bond donors (Lipinski definition) is 3. The minimum absolute atomic E-state index is 0.0796. The van der Waals surface area contributed by atoms with Crippen molar-refractivity contribution in [1.29, 1.82) is 0 Å². The normalized spacial score (nSPS) is 10.1. The molecule has 2 rings (SSSR count). The van der Waals surface area contributed by atoms with E-state index in [0.717, 1.165) is 17.7 Å². The molecule has 1 amide bonds. The predicted octanol–water partition coefficient (Wildman–Crippen LogP) is 0.843. The van der Waals surface area contributed by atoms with Crippen molar-refractivity contribution in [3.63, 3.8) is 0 Å². The van der Waals surface area contributed by atoms with Crippen molar-refractivity contribution in [2.75, 3.05) is 12.4 Å². The Balaban J connectivity index is 2.36. The van der Waals surface area contributed by atoms with Crippen LogP contribution in [0.3, 0.4) is 0 Å². The smallest absolute Gasteiger partial charge is 0.289 e. The van der Waals surface area contributed by atoms with Crippen LogP contribution in [-0.2, 0) is 0 Å². The lowest BCUT2D eigenvalue weighted by Gasteiger charge is -2.04. The first-order valence-corrected chi connectivity index (χ1v) is 6.14. The number of hydrogen-bond acceptors (Lipinski definition) is 7. The Kier molecular flexibility index (Phi) is 3.75. The number of H-pyrrole nitrogens is 1. The molecule has 0 bridgehead atoms. The van der Waals surface area contributed by atoms with Crippen LogP contribution in [0, 0.1) is 10.1 Å². The van der Waals surface area contributed by atoms with Gasteiger partial charge in [0.05, 0.1) is 16.8 Å². The van der Waals surface area contributed by atoms with Crippen molar-refractivity contribution >= 4 is 33.8 Å². The van der Waals surface area contributed by atoms with Crippen molar-refractivity contribution < 1.29 is 9.72 Å². The molecule has 2 aromatic rings. The summed E-state index contributed by atoms with van der Waals surface area (Å²) in [6, 6.07) is 1.25. The van der Waals surface area contributed by atoms with E-state index in [-0.39, 0.29) is 16.3 Å². The van der Waals surface area contributed by atoms with Gasteiger partial charge < -0.3 is 10.6 Å². The van der Waals surface area contributed by atoms with E-state index in [2.05, 4.69) is 20.0 Å². The molecule has 0 aliphatic heterocycles. The number of nitro groups is 1. The molecule has 2 heterocycles. The van der Waals surface area contributed by atoms with E-state index < -0.39 is 16.4 Å². The minimum atomic E-state index is -0.586. The lowest BCUT2D eigenvalue weighted by molar-refractivity contribution is -0.385. The summed E-state index contributed by atoms with van der Waals surface area (Å²) in [5, 5.41) is 16.0. The molecule has 10 heteroatoms. The van der Waals surface area contributed by atoms with Gasteiger partial charge >= 0.3 is 0 Å². The molecule has 0 aliphatic carbocycles. The number of aromatic nitrogens is 2. The van der Waals surface area contributed by atoms with Gasteiger partial charge in [-0.3, -0.25) is 29.1 Å². The summed E-state index contributed by atoms with van der Waals surface area (Å²) >= 11 is 0.922. The maximum atomic E-state index is 11.6. The summed E-state index contributed by atoms with van der Waals surface area (Å²) in [5.41, 5.74) is -0.502. The van der Waals surface area contributed by atoms with Crippen molar-refractivity contribution in [1.82, 2.24) is 14.7 Å². The zero-order valence-electron chi connectivity index (χ0n) is 10.2. The largest absolute Gasteiger partial charge is 0.355 e. The van der Waals surface area contributed by atoms with Crippen molar-refractivity contribution in [3.8, 4) is 0 Å². The van der Waals surface area contributed by atoms with Crippen LogP contribution in [0.2, 0.25) is 0 Å². The van der Waals surface area contributed by atoms with Gasteiger partial charge in [0.1, 0.15) is 16.8 Å². The zero-order valence-corrected chi connectivity index (χ0v) is 11.0. The molecule has 0 unspecified atom stereocenters. The highest BCUT2D eigenvalue weighted by atomic mass is 32.1. The Morgan fingerprint density at radius 1 is 1.50 bits per heavy atom. The van der Waals surface area contributed by atoms with Crippen LogP contribution >= 0.6 is 11.5 Å². The Morgan fingerprint density at radius 2 is 2.25 bits per heavy atom. The molecule has 104 valence electrons. The topological polar surface area (TPSA) is 130 Å². The fourth-order valence-electron chi connectivity index (χ4n) is 1.45. The summed E-state index contributed by atoms with van der Waals surface area (Å²) in [6.07, 6.45) is 2.45. The second-order valence-corrected chi connectivity index (χ2v) is 4.45. The number of amides is 1. The highest BCUT2D eigenvalue weighted by Gasteiger charge is 2.18. The summed E-state index contributed by atoms with van der Waals surface area (Å²) in [7, 11) is 1.40. The lowest BCUT2D eigenvalue weighted by Crippen LogP contribution is -2.24. The molecule has 0 atom stereocenters. The standard InChI is InChI=1S/C10H9N5O4S/c1-11-8(16)7-9(17)14-20-10(7)13-5-2-6(15(18)19)4-12-3-5/h2-4,13H,1H3,(H,11,16)(H,14,17). The van der Waals surface area contributed by atoms with Crippen molar-refractivity contribution in [2.24, 2.45) is 0 Å². The van der Waals surface area contributed by atoms with Crippen LogP contribution < -0.4 is 16.2 Å². The number of nitrogens with zero attached hydrogens (tertiary/aromatic N) is 2. The molecule has 0 aromatic carbocycles. The van der Waals surface area contributed by atoms with Gasteiger partial charge in [0.15, 0.2) is 0 Å². The van der Waals surface area contributed by atoms with Crippen LogP contribution in [0.15, 0.2) is 23.3 Å². The summed E-state index contributed by atoms with van der Waals surface area (Å²) in [4.78, 5) is 36.9. The van der Waals surface area contributed by atoms with Gasteiger partial charge in [-0.05, 0) is 11.5 Å². The molecule has 20 heavy (non-hydrogen) atoms. The first-order chi connectivity index (χ1) is 9.52. The second kappa shape index (κ2) is 5.48. The molecule has 0 aliphatic rings. The summed E-state index contributed by atoms with van der Waals surface area (Å²) in [5.74, 6) is -0.548. The number of aromatic amines is 1. The van der Waals surface area contributed by atoms with Gasteiger partial charge in [-0.25, -0.2) is 0 Å². The van der Waals surface area contributed by atoms with E-state index in [1.165, 1.54) is 19.3 Å². The molecule has 9 nitrogen and oxygen atoms in total. The third-order valence-electron chi connectivity index (χ3n) is 2.35. The molecule has 0 radical (unpaired) electrons. The van der Waals surface area contributed by atoms with E-state index in [1.807, 2.05) is 0 Å². The van der Waals surface area contributed by atoms with Crippen molar-refractivity contribution in [2.45, 2.75) is 0 Å². The van der Waals surface area contributed by atoms with Crippen LogP contribution in [-0.4, -0.2) is 27.2 Å². The number of nitrogens with one attached hydrogen (secondary N) is 3. The maximum Gasteiger partial charge on any atom is 0.289 e. The van der Waals surface area contributed by atoms with Crippen LogP contribution in [0.1, 0.15) is 10.4 Å². The van der Waals surface area contributed by atoms with E-state index in [0.29, 0.717) is 5.69 Å². The average molecular weight is 295 g/mol. The number of rotatable bonds is 4. The zero-order chi connectivity index (χ0) is 14.7. The molecular formula is C10H9N5O4S. The molecular weight excluding hydrogens is 286 g/mol. The molecule has 0 saturated carbocycles. The lowest BCUT2D eigenvalue weighted by atomic mass is 10.3. The van der Waals surface area contributed by atoms with Gasteiger partial charge in [-0.15, -0.1) is 0 Å². The maximum absolute atomic E-state index is 11.6. The Labute approximate surface area is 116 Å². The Hall–Kier alpha value is -2.75. The fourth-order valence-corrected chi connectivity index (χ4v) is 2.20. The first kappa shape index (κ1) is 13.7. The number of carbonyl (C=O) groups is 1. The van der Waals surface area contributed by atoms with Gasteiger partial charge in [-0.1, -0.05) is 0 Å². The quantitative estimate of drug-likeness (QED) is 0.566. The Bertz CT molecular complexity index is 722.